The highest BCUT2D eigenvalue weighted by Crippen LogP contribution is 2.32. The predicted octanol–water partition coefficient (Wildman–Crippen LogP) is 4.55. The number of nitrogens with zero attached hydrogens (tertiary/aromatic N) is 2. The van der Waals surface area contributed by atoms with Crippen LogP contribution in [0, 0.1) is 5.92 Å². The zero-order valence-corrected chi connectivity index (χ0v) is 15.2. The quantitative estimate of drug-likeness (QED) is 0.585. The van der Waals surface area contributed by atoms with E-state index in [0.29, 0.717) is 33.4 Å². The van der Waals surface area contributed by atoms with Gasteiger partial charge in [0.1, 0.15) is 5.56 Å². The fourth-order valence-corrected chi connectivity index (χ4v) is 2.82. The summed E-state index contributed by atoms with van der Waals surface area (Å²) in [5.41, 5.74) is 0.609. The van der Waals surface area contributed by atoms with Crippen LogP contribution in [0.3, 0.4) is 0 Å². The van der Waals surface area contributed by atoms with E-state index in [9.17, 15) is 4.79 Å². The van der Waals surface area contributed by atoms with E-state index in [1.807, 2.05) is 6.26 Å². The number of hydrogen-bond acceptors (Lipinski definition) is 5. The number of rotatable bonds is 6. The average Bonchev–Trinajstić information content (AvgIpc) is 3.40. The summed E-state index contributed by atoms with van der Waals surface area (Å²) in [5.74, 6) is 0.414. The summed E-state index contributed by atoms with van der Waals surface area (Å²) in [6, 6.07) is 5.02. The third-order valence-electron chi connectivity index (χ3n) is 3.51. The van der Waals surface area contributed by atoms with Crippen molar-refractivity contribution in [3.05, 3.63) is 40.0 Å². The maximum absolute atomic E-state index is 12.6. The summed E-state index contributed by atoms with van der Waals surface area (Å²) in [6.45, 7) is 0.554. The van der Waals surface area contributed by atoms with Gasteiger partial charge in [-0.25, -0.2) is 4.98 Å². The van der Waals surface area contributed by atoms with Gasteiger partial charge in [0.25, 0.3) is 5.91 Å². The molecular formula is C16H15Cl2N3O2S. The topological polar surface area (TPSA) is 64.1 Å². The van der Waals surface area contributed by atoms with Gasteiger partial charge in [-0.15, -0.1) is 0 Å². The molecule has 3 rings (SSSR count). The van der Waals surface area contributed by atoms with Crippen molar-refractivity contribution in [1.82, 2.24) is 9.97 Å². The highest BCUT2D eigenvalue weighted by molar-refractivity contribution is 7.98. The molecule has 1 saturated carbocycles. The van der Waals surface area contributed by atoms with E-state index in [1.54, 1.807) is 18.2 Å². The highest BCUT2D eigenvalue weighted by Gasteiger charge is 2.24. The molecule has 1 aromatic heterocycles. The molecule has 1 amide bonds. The van der Waals surface area contributed by atoms with Crippen LogP contribution >= 0.6 is 35.0 Å². The van der Waals surface area contributed by atoms with Crippen molar-refractivity contribution < 1.29 is 9.53 Å². The normalized spacial score (nSPS) is 13.6. The fraction of sp³-hybridized carbons (Fsp3) is 0.312. The lowest BCUT2D eigenvalue weighted by molar-refractivity contribution is 0.102. The largest absolute Gasteiger partial charge is 0.477 e. The number of aromatic nitrogens is 2. The maximum atomic E-state index is 12.6. The Balaban J connectivity index is 1.84. The van der Waals surface area contributed by atoms with Crippen LogP contribution < -0.4 is 10.1 Å². The van der Waals surface area contributed by atoms with Crippen molar-refractivity contribution in [1.29, 1.82) is 0 Å². The van der Waals surface area contributed by atoms with E-state index < -0.39 is 5.91 Å². The molecule has 0 bridgehead atoms. The first-order valence-corrected chi connectivity index (χ1v) is 9.35. The monoisotopic (exact) mass is 383 g/mol. The SMILES string of the molecule is CSc1ncc(C(=O)Nc2c(Cl)cccc2Cl)c(OCC2CC2)n1. The molecule has 0 spiro atoms. The number of carbonyl (C=O) groups excluding carboxylic acids is 1. The standard InChI is InChI=1S/C16H15Cl2N3O2S/c1-24-16-19-7-10(15(21-16)23-8-9-5-6-9)14(22)20-13-11(17)3-2-4-12(13)18/h2-4,7,9H,5-6,8H2,1H3,(H,20,22). The zero-order valence-electron chi connectivity index (χ0n) is 12.9. The van der Waals surface area contributed by atoms with Gasteiger partial charge in [0, 0.05) is 6.20 Å². The van der Waals surface area contributed by atoms with Crippen LogP contribution in [0.15, 0.2) is 29.6 Å². The molecule has 1 N–H and O–H groups in total. The number of nitrogens with one attached hydrogen (secondary N) is 1. The summed E-state index contributed by atoms with van der Waals surface area (Å²) >= 11 is 13.6. The predicted molar refractivity (Wildman–Crippen MR) is 96.4 cm³/mol. The molecule has 126 valence electrons. The fourth-order valence-electron chi connectivity index (χ4n) is 1.99. The van der Waals surface area contributed by atoms with Gasteiger partial charge < -0.3 is 10.1 Å². The van der Waals surface area contributed by atoms with Crippen molar-refractivity contribution in [2.75, 3.05) is 18.2 Å². The van der Waals surface area contributed by atoms with E-state index in [-0.39, 0.29) is 11.4 Å². The lowest BCUT2D eigenvalue weighted by Crippen LogP contribution is -2.16. The first kappa shape index (κ1) is 17.3. The summed E-state index contributed by atoms with van der Waals surface area (Å²) in [4.78, 5) is 21.1. The molecule has 0 atom stereocenters. The molecule has 0 aliphatic heterocycles. The minimum Gasteiger partial charge on any atom is -0.477 e. The number of benzene rings is 1. The number of carbonyl (C=O) groups is 1. The van der Waals surface area contributed by atoms with Crippen molar-refractivity contribution in [2.45, 2.75) is 18.0 Å². The number of hydrogen-bond donors (Lipinski definition) is 1. The van der Waals surface area contributed by atoms with Crippen molar-refractivity contribution >= 4 is 46.6 Å². The number of para-hydroxylation sites is 1. The van der Waals surface area contributed by atoms with Gasteiger partial charge in [0.05, 0.1) is 22.3 Å². The Kier molecular flexibility index (Phi) is 5.48. The van der Waals surface area contributed by atoms with Gasteiger partial charge in [-0.05, 0) is 37.1 Å². The van der Waals surface area contributed by atoms with Crippen LogP contribution in [-0.4, -0.2) is 28.7 Å². The number of thioether (sulfide) groups is 1. The summed E-state index contributed by atoms with van der Waals surface area (Å²) < 4.78 is 5.73. The van der Waals surface area contributed by atoms with E-state index >= 15 is 0 Å². The van der Waals surface area contributed by atoms with Crippen LogP contribution in [0.25, 0.3) is 0 Å². The van der Waals surface area contributed by atoms with E-state index in [4.69, 9.17) is 27.9 Å². The number of ether oxygens (including phenoxy) is 1. The third kappa shape index (κ3) is 4.12. The van der Waals surface area contributed by atoms with Gasteiger partial charge in [0.2, 0.25) is 5.88 Å². The van der Waals surface area contributed by atoms with Crippen LogP contribution in [0.2, 0.25) is 10.0 Å². The van der Waals surface area contributed by atoms with Gasteiger partial charge >= 0.3 is 0 Å². The van der Waals surface area contributed by atoms with E-state index in [0.717, 1.165) is 12.8 Å². The van der Waals surface area contributed by atoms with E-state index in [1.165, 1.54) is 18.0 Å². The minimum absolute atomic E-state index is 0.254. The number of amides is 1. The lowest BCUT2D eigenvalue weighted by Gasteiger charge is -2.12. The Bertz CT molecular complexity index is 749. The molecule has 24 heavy (non-hydrogen) atoms. The molecule has 5 nitrogen and oxygen atoms in total. The van der Waals surface area contributed by atoms with Crippen LogP contribution in [0.4, 0.5) is 5.69 Å². The van der Waals surface area contributed by atoms with Crippen molar-refractivity contribution in [3.63, 3.8) is 0 Å². The first-order valence-electron chi connectivity index (χ1n) is 7.37. The molecule has 0 saturated heterocycles. The second kappa shape index (κ2) is 7.59. The van der Waals surface area contributed by atoms with E-state index in [2.05, 4.69) is 15.3 Å². The molecule has 8 heteroatoms. The number of halogens is 2. The van der Waals surface area contributed by atoms with Crippen LogP contribution in [-0.2, 0) is 0 Å². The van der Waals surface area contributed by atoms with Gasteiger partial charge in [-0.2, -0.15) is 4.98 Å². The molecule has 0 unspecified atom stereocenters. The molecule has 0 radical (unpaired) electrons. The first-order chi connectivity index (χ1) is 11.6. The highest BCUT2D eigenvalue weighted by atomic mass is 35.5. The Morgan fingerprint density at radius 1 is 1.38 bits per heavy atom. The third-order valence-corrected chi connectivity index (χ3v) is 4.70. The molecular weight excluding hydrogens is 369 g/mol. The van der Waals surface area contributed by atoms with Gasteiger partial charge in [-0.3, -0.25) is 4.79 Å². The summed E-state index contributed by atoms with van der Waals surface area (Å²) in [5, 5.41) is 3.97. The lowest BCUT2D eigenvalue weighted by atomic mass is 10.2. The maximum Gasteiger partial charge on any atom is 0.262 e. The van der Waals surface area contributed by atoms with Gasteiger partial charge in [0.15, 0.2) is 5.16 Å². The Morgan fingerprint density at radius 2 is 2.08 bits per heavy atom. The second-order valence-electron chi connectivity index (χ2n) is 5.38. The summed E-state index contributed by atoms with van der Waals surface area (Å²) in [6.07, 6.45) is 5.62. The van der Waals surface area contributed by atoms with Crippen LogP contribution in [0.5, 0.6) is 5.88 Å². The second-order valence-corrected chi connectivity index (χ2v) is 6.97. The van der Waals surface area contributed by atoms with Crippen LogP contribution in [0.1, 0.15) is 23.2 Å². The molecule has 1 aliphatic carbocycles. The minimum atomic E-state index is -0.413. The molecule has 1 fully saturated rings. The van der Waals surface area contributed by atoms with Crippen molar-refractivity contribution in [3.8, 4) is 5.88 Å². The van der Waals surface area contributed by atoms with Gasteiger partial charge in [-0.1, -0.05) is 41.0 Å². The summed E-state index contributed by atoms with van der Waals surface area (Å²) in [7, 11) is 0. The number of anilines is 1. The zero-order chi connectivity index (χ0) is 17.1. The molecule has 1 aromatic carbocycles. The molecule has 2 aromatic rings. The smallest absolute Gasteiger partial charge is 0.262 e. The Hall–Kier alpha value is -1.50. The molecule has 1 aliphatic rings. The Labute approximate surface area is 154 Å². The average molecular weight is 384 g/mol. The van der Waals surface area contributed by atoms with Crippen molar-refractivity contribution in [2.24, 2.45) is 5.92 Å². The molecule has 1 heterocycles. The Morgan fingerprint density at radius 3 is 2.71 bits per heavy atom.